The van der Waals surface area contributed by atoms with E-state index < -0.39 is 0 Å². The number of carbonyl (C=O) groups excluding carboxylic acids is 2. The topological polar surface area (TPSA) is 95.2 Å². The lowest BCUT2D eigenvalue weighted by atomic mass is 10.1. The Morgan fingerprint density at radius 2 is 1.87 bits per heavy atom. The number of hydrogen-bond donors (Lipinski definition) is 2. The number of thiophene rings is 1. The molecule has 0 aliphatic heterocycles. The maximum atomic E-state index is 12.9. The summed E-state index contributed by atoms with van der Waals surface area (Å²) in [5.74, 6) is 0.0126. The van der Waals surface area contributed by atoms with Crippen LogP contribution in [0.4, 0.5) is 0 Å². The fourth-order valence-electron chi connectivity index (χ4n) is 3.18. The Morgan fingerprint density at radius 1 is 1.20 bits per heavy atom. The number of likely N-dealkylation sites (N-methyl/N-ethyl adjacent to an activating group) is 1. The molecule has 2 heterocycles. The summed E-state index contributed by atoms with van der Waals surface area (Å²) in [7, 11) is 1.58. The van der Waals surface area contributed by atoms with Gasteiger partial charge in [-0.15, -0.1) is 11.3 Å². The molecular formula is C22H26N4O3S. The van der Waals surface area contributed by atoms with E-state index in [1.54, 1.807) is 14.0 Å². The molecule has 0 atom stereocenters. The van der Waals surface area contributed by atoms with Crippen molar-refractivity contribution in [3.63, 3.8) is 0 Å². The van der Waals surface area contributed by atoms with E-state index in [-0.39, 0.29) is 29.5 Å². The van der Waals surface area contributed by atoms with Crippen LogP contribution >= 0.6 is 11.3 Å². The quantitative estimate of drug-likeness (QED) is 0.656. The van der Waals surface area contributed by atoms with Crippen LogP contribution in [-0.4, -0.2) is 45.8 Å². The van der Waals surface area contributed by atoms with E-state index in [4.69, 9.17) is 0 Å². The number of nitrogens with one attached hydrogen (secondary N) is 2. The van der Waals surface area contributed by atoms with Gasteiger partial charge in [0.1, 0.15) is 10.7 Å². The van der Waals surface area contributed by atoms with Crippen LogP contribution in [0.25, 0.3) is 10.2 Å². The van der Waals surface area contributed by atoms with Gasteiger partial charge in [-0.1, -0.05) is 30.3 Å². The van der Waals surface area contributed by atoms with E-state index in [0.717, 1.165) is 5.56 Å². The maximum absolute atomic E-state index is 12.9. The summed E-state index contributed by atoms with van der Waals surface area (Å²) < 4.78 is 0. The van der Waals surface area contributed by atoms with Gasteiger partial charge in [0.05, 0.1) is 16.8 Å². The highest BCUT2D eigenvalue weighted by atomic mass is 32.1. The lowest BCUT2D eigenvalue weighted by molar-refractivity contribution is -0.122. The molecule has 1 aromatic carbocycles. The monoisotopic (exact) mass is 426 g/mol. The number of H-pyrrole nitrogens is 1. The second kappa shape index (κ2) is 8.39. The number of aromatic amines is 1. The third-order valence-corrected chi connectivity index (χ3v) is 5.67. The molecule has 30 heavy (non-hydrogen) atoms. The number of fused-ring (bicyclic) bond motifs is 1. The first kappa shape index (κ1) is 21.7. The number of carbonyl (C=O) groups is 2. The van der Waals surface area contributed by atoms with E-state index in [0.29, 0.717) is 32.9 Å². The summed E-state index contributed by atoms with van der Waals surface area (Å²) in [5.41, 5.74) is 0.991. The van der Waals surface area contributed by atoms with Gasteiger partial charge in [-0.25, -0.2) is 4.98 Å². The molecule has 0 aliphatic carbocycles. The van der Waals surface area contributed by atoms with Gasteiger partial charge in [0, 0.05) is 19.0 Å². The van der Waals surface area contributed by atoms with Crippen molar-refractivity contribution in [1.29, 1.82) is 0 Å². The second-order valence-corrected chi connectivity index (χ2v) is 9.37. The Labute approximate surface area is 179 Å². The highest BCUT2D eigenvalue weighted by Crippen LogP contribution is 2.28. The number of benzene rings is 1. The fourth-order valence-corrected chi connectivity index (χ4v) is 4.38. The van der Waals surface area contributed by atoms with Crippen LogP contribution in [0.2, 0.25) is 0 Å². The molecule has 0 unspecified atom stereocenters. The minimum absolute atomic E-state index is 0.0627. The summed E-state index contributed by atoms with van der Waals surface area (Å²) in [5, 5.41) is 3.26. The Morgan fingerprint density at radius 3 is 2.50 bits per heavy atom. The van der Waals surface area contributed by atoms with Crippen LogP contribution in [0.1, 0.15) is 47.4 Å². The largest absolute Gasteiger partial charge is 0.350 e. The first-order valence-electron chi connectivity index (χ1n) is 9.68. The first-order chi connectivity index (χ1) is 14.0. The minimum Gasteiger partial charge on any atom is -0.350 e. The molecule has 8 heteroatoms. The van der Waals surface area contributed by atoms with E-state index in [1.165, 1.54) is 16.2 Å². The zero-order valence-electron chi connectivity index (χ0n) is 17.8. The lowest BCUT2D eigenvalue weighted by Crippen LogP contribution is -2.46. The summed E-state index contributed by atoms with van der Waals surface area (Å²) in [6.07, 6.45) is 0.499. The third-order valence-electron chi connectivity index (χ3n) is 4.50. The maximum Gasteiger partial charge on any atom is 0.264 e. The highest BCUT2D eigenvalue weighted by molar-refractivity contribution is 7.20. The Bertz CT molecular complexity index is 1140. The fraction of sp³-hybridized carbons (Fsp3) is 0.364. The van der Waals surface area contributed by atoms with Gasteiger partial charge in [-0.3, -0.25) is 14.4 Å². The van der Waals surface area contributed by atoms with Gasteiger partial charge in [-0.05, 0) is 38.8 Å². The van der Waals surface area contributed by atoms with Crippen LogP contribution in [-0.2, 0) is 11.2 Å². The number of nitrogens with zero attached hydrogens (tertiary/aromatic N) is 2. The SMILES string of the molecule is Cc1c(C(=O)N(C)CC(=O)NC(C)(C)C)sc2nc(Cc3ccccc3)[nH]c(=O)c12. The zero-order chi connectivity index (χ0) is 22.1. The zero-order valence-corrected chi connectivity index (χ0v) is 18.6. The average molecular weight is 427 g/mol. The number of rotatable bonds is 5. The molecule has 0 spiro atoms. The van der Waals surface area contributed by atoms with Crippen molar-refractivity contribution < 1.29 is 9.59 Å². The Kier molecular flexibility index (Phi) is 6.07. The van der Waals surface area contributed by atoms with Crippen molar-refractivity contribution in [3.05, 3.63) is 62.5 Å². The first-order valence-corrected chi connectivity index (χ1v) is 10.5. The third kappa shape index (κ3) is 4.94. The van der Waals surface area contributed by atoms with Gasteiger partial charge in [-0.2, -0.15) is 0 Å². The van der Waals surface area contributed by atoms with Crippen molar-refractivity contribution in [1.82, 2.24) is 20.2 Å². The van der Waals surface area contributed by atoms with Crippen molar-refractivity contribution >= 4 is 33.4 Å². The molecule has 158 valence electrons. The van der Waals surface area contributed by atoms with Gasteiger partial charge >= 0.3 is 0 Å². The lowest BCUT2D eigenvalue weighted by Gasteiger charge is -2.23. The van der Waals surface area contributed by atoms with Gasteiger partial charge in [0.2, 0.25) is 5.91 Å². The normalized spacial score (nSPS) is 11.5. The van der Waals surface area contributed by atoms with Crippen molar-refractivity contribution in [2.45, 2.75) is 39.7 Å². The van der Waals surface area contributed by atoms with Gasteiger partial charge in [0.15, 0.2) is 0 Å². The molecule has 0 radical (unpaired) electrons. The van der Waals surface area contributed by atoms with Crippen LogP contribution in [0.5, 0.6) is 0 Å². The molecule has 0 aliphatic rings. The summed E-state index contributed by atoms with van der Waals surface area (Å²) >= 11 is 1.19. The average Bonchev–Trinajstić information content (AvgIpc) is 2.97. The number of aromatic nitrogens is 2. The second-order valence-electron chi connectivity index (χ2n) is 8.37. The van der Waals surface area contributed by atoms with Crippen molar-refractivity contribution in [2.24, 2.45) is 0 Å². The van der Waals surface area contributed by atoms with Crippen LogP contribution in [0.15, 0.2) is 35.1 Å². The molecule has 2 aromatic heterocycles. The molecule has 7 nitrogen and oxygen atoms in total. The molecular weight excluding hydrogens is 400 g/mol. The highest BCUT2D eigenvalue weighted by Gasteiger charge is 2.24. The predicted octanol–water partition coefficient (Wildman–Crippen LogP) is 2.87. The van der Waals surface area contributed by atoms with E-state index in [2.05, 4.69) is 15.3 Å². The van der Waals surface area contributed by atoms with Gasteiger partial charge < -0.3 is 15.2 Å². The van der Waals surface area contributed by atoms with Crippen LogP contribution < -0.4 is 10.9 Å². The molecule has 0 fully saturated rings. The van der Waals surface area contributed by atoms with E-state index in [9.17, 15) is 14.4 Å². The van der Waals surface area contributed by atoms with Crippen LogP contribution in [0.3, 0.4) is 0 Å². The molecule has 3 rings (SSSR count). The molecule has 2 N–H and O–H groups in total. The number of amides is 2. The molecule has 3 aromatic rings. The summed E-state index contributed by atoms with van der Waals surface area (Å²) in [6, 6.07) is 9.74. The summed E-state index contributed by atoms with van der Waals surface area (Å²) in [6.45, 7) is 7.32. The van der Waals surface area contributed by atoms with Crippen molar-refractivity contribution in [3.8, 4) is 0 Å². The van der Waals surface area contributed by atoms with Crippen molar-refractivity contribution in [2.75, 3.05) is 13.6 Å². The molecule has 2 amide bonds. The minimum atomic E-state index is -0.374. The standard InChI is InChI=1S/C22H26N4O3S/c1-13-17-19(28)23-15(11-14-9-7-6-8-10-14)24-20(17)30-18(13)21(29)26(5)12-16(27)25-22(2,3)4/h6-10H,11-12H2,1-5H3,(H,25,27)(H,23,24,28). The van der Waals surface area contributed by atoms with Crippen LogP contribution in [0, 0.1) is 6.92 Å². The predicted molar refractivity (Wildman–Crippen MR) is 119 cm³/mol. The van der Waals surface area contributed by atoms with E-state index >= 15 is 0 Å². The summed E-state index contributed by atoms with van der Waals surface area (Å²) in [4.78, 5) is 47.5. The smallest absolute Gasteiger partial charge is 0.264 e. The molecule has 0 saturated carbocycles. The number of aryl methyl sites for hydroxylation is 1. The molecule has 0 bridgehead atoms. The van der Waals surface area contributed by atoms with Gasteiger partial charge in [0.25, 0.3) is 11.5 Å². The van der Waals surface area contributed by atoms with E-state index in [1.807, 2.05) is 51.1 Å². The number of hydrogen-bond acceptors (Lipinski definition) is 5. The molecule has 0 saturated heterocycles. The Balaban J connectivity index is 1.87. The Hall–Kier alpha value is -3.00.